The maximum atomic E-state index is 13.2. The third-order valence-electron chi connectivity index (χ3n) is 5.92. The Morgan fingerprint density at radius 3 is 2.90 bits per heavy atom. The van der Waals surface area contributed by atoms with Crippen molar-refractivity contribution in [3.8, 4) is 6.07 Å². The minimum absolute atomic E-state index is 0.00587. The van der Waals surface area contributed by atoms with Crippen molar-refractivity contribution in [2.75, 3.05) is 11.9 Å². The first kappa shape index (κ1) is 19.2. The second-order valence-electron chi connectivity index (χ2n) is 7.84. The van der Waals surface area contributed by atoms with Crippen LogP contribution in [0.3, 0.4) is 0 Å². The zero-order valence-electron chi connectivity index (χ0n) is 16.6. The Kier molecular flexibility index (Phi) is 5.38. The molecule has 1 aromatic rings. The summed E-state index contributed by atoms with van der Waals surface area (Å²) in [5, 5.41) is 16.3. The van der Waals surface area contributed by atoms with Crippen molar-refractivity contribution in [2.24, 2.45) is 5.10 Å². The minimum Gasteiger partial charge on any atom is -0.325 e. The summed E-state index contributed by atoms with van der Waals surface area (Å²) in [5.41, 5.74) is 4.04. The normalized spacial score (nSPS) is 25.4. The molecule has 8 nitrogen and oxygen atoms in total. The molecule has 152 valence electrons. The highest BCUT2D eigenvalue weighted by molar-refractivity contribution is 5.98. The van der Waals surface area contributed by atoms with Gasteiger partial charge in [-0.1, -0.05) is 25.8 Å². The van der Waals surface area contributed by atoms with Crippen molar-refractivity contribution in [1.29, 1.82) is 5.26 Å². The van der Waals surface area contributed by atoms with Gasteiger partial charge < -0.3 is 15.1 Å². The lowest BCUT2D eigenvalue weighted by atomic mass is 9.85. The average molecular weight is 394 g/mol. The minimum atomic E-state index is -0.509. The third-order valence-corrected chi connectivity index (χ3v) is 5.92. The molecule has 0 bridgehead atoms. The third kappa shape index (κ3) is 3.65. The Bertz CT molecular complexity index is 876. The van der Waals surface area contributed by atoms with E-state index in [0.717, 1.165) is 44.4 Å². The number of nitrogens with zero attached hydrogens (tertiary/aromatic N) is 4. The Balaban J connectivity index is 1.51. The first-order valence-electron chi connectivity index (χ1n) is 10.3. The summed E-state index contributed by atoms with van der Waals surface area (Å²) in [4.78, 5) is 29.8. The molecule has 8 heteroatoms. The van der Waals surface area contributed by atoms with Gasteiger partial charge in [0.05, 0.1) is 23.7 Å². The van der Waals surface area contributed by atoms with E-state index in [1.54, 1.807) is 29.2 Å². The van der Waals surface area contributed by atoms with Gasteiger partial charge in [0, 0.05) is 12.1 Å². The molecule has 1 aromatic carbocycles. The highest BCUT2D eigenvalue weighted by Gasteiger charge is 2.50. The fourth-order valence-corrected chi connectivity index (χ4v) is 4.69. The van der Waals surface area contributed by atoms with Gasteiger partial charge in [0.15, 0.2) is 6.17 Å². The van der Waals surface area contributed by atoms with E-state index in [9.17, 15) is 9.59 Å². The monoisotopic (exact) mass is 394 g/mol. The summed E-state index contributed by atoms with van der Waals surface area (Å²) >= 11 is 0. The number of hydrazone groups is 1. The van der Waals surface area contributed by atoms with Gasteiger partial charge in [-0.25, -0.2) is 0 Å². The van der Waals surface area contributed by atoms with Gasteiger partial charge in [-0.2, -0.15) is 10.4 Å². The zero-order valence-corrected chi connectivity index (χ0v) is 16.6. The van der Waals surface area contributed by atoms with Crippen LogP contribution in [-0.2, 0) is 9.59 Å². The Labute approximate surface area is 170 Å². The van der Waals surface area contributed by atoms with Crippen molar-refractivity contribution < 1.29 is 9.59 Å². The van der Waals surface area contributed by atoms with Crippen LogP contribution in [0.5, 0.6) is 0 Å². The molecule has 2 fully saturated rings. The maximum Gasteiger partial charge on any atom is 0.268 e. The van der Waals surface area contributed by atoms with E-state index in [4.69, 9.17) is 5.26 Å². The van der Waals surface area contributed by atoms with Gasteiger partial charge in [0.25, 0.3) is 5.91 Å². The predicted molar refractivity (Wildman–Crippen MR) is 109 cm³/mol. The van der Waals surface area contributed by atoms with Crippen molar-refractivity contribution in [3.05, 3.63) is 29.8 Å². The largest absolute Gasteiger partial charge is 0.325 e. The van der Waals surface area contributed by atoms with Crippen LogP contribution in [0.2, 0.25) is 0 Å². The smallest absolute Gasteiger partial charge is 0.268 e. The summed E-state index contributed by atoms with van der Waals surface area (Å²) in [6.07, 6.45) is 5.39. The summed E-state index contributed by atoms with van der Waals surface area (Å²) in [6.45, 7) is 2.11. The van der Waals surface area contributed by atoms with Crippen LogP contribution in [0.15, 0.2) is 29.4 Å². The number of benzene rings is 1. The highest BCUT2D eigenvalue weighted by Crippen LogP contribution is 2.35. The van der Waals surface area contributed by atoms with Crippen LogP contribution in [-0.4, -0.2) is 52.2 Å². The quantitative estimate of drug-likeness (QED) is 0.795. The molecule has 2 aliphatic heterocycles. The van der Waals surface area contributed by atoms with E-state index in [2.05, 4.69) is 33.7 Å². The second-order valence-corrected chi connectivity index (χ2v) is 7.84. The Morgan fingerprint density at radius 2 is 2.14 bits per heavy atom. The number of hydrogen-bond acceptors (Lipinski definition) is 6. The second kappa shape index (κ2) is 8.11. The van der Waals surface area contributed by atoms with Crippen LogP contribution >= 0.6 is 0 Å². The number of hydrogen-bond donors (Lipinski definition) is 2. The van der Waals surface area contributed by atoms with Crippen LogP contribution in [0, 0.1) is 11.3 Å². The first-order chi connectivity index (χ1) is 14.1. The number of piperazine rings is 1. The molecule has 0 aromatic heterocycles. The van der Waals surface area contributed by atoms with E-state index >= 15 is 0 Å². The lowest BCUT2D eigenvalue weighted by Gasteiger charge is -2.51. The van der Waals surface area contributed by atoms with Crippen molar-refractivity contribution in [3.63, 3.8) is 0 Å². The summed E-state index contributed by atoms with van der Waals surface area (Å²) < 4.78 is 0. The number of anilines is 1. The van der Waals surface area contributed by atoms with E-state index in [1.165, 1.54) is 0 Å². The molecular weight excluding hydrogens is 368 g/mol. The predicted octanol–water partition coefficient (Wildman–Crippen LogP) is 2.00. The van der Waals surface area contributed by atoms with Gasteiger partial charge in [-0.05, 0) is 37.5 Å². The molecule has 0 radical (unpaired) electrons. The molecule has 3 atom stereocenters. The van der Waals surface area contributed by atoms with E-state index in [-0.39, 0.29) is 30.4 Å². The van der Waals surface area contributed by atoms with Crippen molar-refractivity contribution in [1.82, 2.24) is 15.2 Å². The van der Waals surface area contributed by atoms with Gasteiger partial charge in [-0.3, -0.25) is 15.0 Å². The number of nitrogens with one attached hydrogen (secondary N) is 2. The lowest BCUT2D eigenvalue weighted by molar-refractivity contribution is -0.151. The number of amides is 2. The number of rotatable bonds is 5. The van der Waals surface area contributed by atoms with Gasteiger partial charge >= 0.3 is 0 Å². The van der Waals surface area contributed by atoms with Gasteiger partial charge in [0.1, 0.15) is 12.4 Å². The molecule has 3 unspecified atom stereocenters. The fourth-order valence-electron chi connectivity index (χ4n) is 4.69. The SMILES string of the molecule is CCCC1=NNC2C(=O)N(CC(=O)Nc3cccc(C#N)c3)C3CCCCC3N12. The van der Waals surface area contributed by atoms with E-state index in [0.29, 0.717) is 11.3 Å². The number of nitriles is 1. The number of fused-ring (bicyclic) bond motifs is 3. The van der Waals surface area contributed by atoms with E-state index < -0.39 is 6.17 Å². The lowest BCUT2D eigenvalue weighted by Crippen LogP contribution is -2.69. The molecule has 1 saturated heterocycles. The van der Waals surface area contributed by atoms with Gasteiger partial charge in [0.2, 0.25) is 5.91 Å². The standard InChI is InChI=1S/C21H26N6O2/c1-2-6-18-24-25-20-21(29)26(16-9-3-4-10-17(16)27(18)20)13-19(28)23-15-8-5-7-14(11-15)12-22/h5,7-8,11,16-17,20,25H,2-4,6,9-10,13H2,1H3,(H,23,28). The van der Waals surface area contributed by atoms with Crippen LogP contribution in [0.4, 0.5) is 5.69 Å². The summed E-state index contributed by atoms with van der Waals surface area (Å²) in [6, 6.07) is 9.06. The van der Waals surface area contributed by atoms with Crippen molar-refractivity contribution in [2.45, 2.75) is 63.7 Å². The molecule has 4 rings (SSSR count). The highest BCUT2D eigenvalue weighted by atomic mass is 16.2. The number of carbonyl (C=O) groups is 2. The number of carbonyl (C=O) groups excluding carboxylic acids is 2. The molecule has 2 heterocycles. The fraction of sp³-hybridized carbons (Fsp3) is 0.524. The Hall–Kier alpha value is -3.08. The average Bonchev–Trinajstić information content (AvgIpc) is 3.15. The van der Waals surface area contributed by atoms with E-state index in [1.807, 2.05) is 0 Å². The molecule has 1 aliphatic carbocycles. The topological polar surface area (TPSA) is 101 Å². The molecule has 3 aliphatic rings. The first-order valence-corrected chi connectivity index (χ1v) is 10.3. The molecule has 0 spiro atoms. The summed E-state index contributed by atoms with van der Waals surface area (Å²) in [5.74, 6) is 0.614. The maximum absolute atomic E-state index is 13.2. The van der Waals surface area contributed by atoms with Crippen LogP contribution in [0.25, 0.3) is 0 Å². The van der Waals surface area contributed by atoms with Gasteiger partial charge in [-0.15, -0.1) is 0 Å². The number of amidine groups is 1. The van der Waals surface area contributed by atoms with Crippen LogP contribution in [0.1, 0.15) is 51.0 Å². The molecule has 2 N–H and O–H groups in total. The Morgan fingerprint density at radius 1 is 1.34 bits per heavy atom. The zero-order chi connectivity index (χ0) is 20.4. The molecule has 1 saturated carbocycles. The van der Waals surface area contributed by atoms with Crippen LogP contribution < -0.4 is 10.7 Å². The summed E-state index contributed by atoms with van der Waals surface area (Å²) in [7, 11) is 0. The van der Waals surface area contributed by atoms with Crippen molar-refractivity contribution >= 4 is 23.3 Å². The molecule has 2 amide bonds. The molecular formula is C21H26N6O2. The molecule has 29 heavy (non-hydrogen) atoms.